The third kappa shape index (κ3) is 5.63. The maximum absolute atomic E-state index is 11.3. The second-order valence-corrected chi connectivity index (χ2v) is 9.78. The van der Waals surface area contributed by atoms with E-state index in [1.54, 1.807) is 0 Å². The molecule has 6 aromatic rings. The summed E-state index contributed by atoms with van der Waals surface area (Å²) in [7, 11) is 0. The first-order valence-electron chi connectivity index (χ1n) is 13.7. The molecule has 0 unspecified atom stereocenters. The number of nitrogens with zero attached hydrogens (tertiary/aromatic N) is 1. The Balaban J connectivity index is 1.53. The van der Waals surface area contributed by atoms with Crippen molar-refractivity contribution in [3.05, 3.63) is 198 Å². The zero-order valence-electron chi connectivity index (χ0n) is 22.6. The van der Waals surface area contributed by atoms with Crippen LogP contribution in [0.4, 0.5) is 17.1 Å². The van der Waals surface area contributed by atoms with Crippen molar-refractivity contribution >= 4 is 34.5 Å². The highest BCUT2D eigenvalue weighted by Gasteiger charge is 2.17. The van der Waals surface area contributed by atoms with Gasteiger partial charge in [-0.25, -0.2) is 0 Å². The average molecular weight is 528 g/mol. The van der Waals surface area contributed by atoms with Crippen LogP contribution < -0.4 is 4.90 Å². The van der Waals surface area contributed by atoms with E-state index < -0.39 is 0 Å². The Hall–Kier alpha value is -5.47. The van der Waals surface area contributed by atoms with Crippen molar-refractivity contribution in [2.45, 2.75) is 0 Å². The number of anilines is 3. The molecule has 0 aliphatic carbocycles. The van der Waals surface area contributed by atoms with E-state index in [0.29, 0.717) is 5.56 Å². The van der Waals surface area contributed by atoms with Crippen LogP contribution in [0.1, 0.15) is 32.6 Å². The molecule has 0 fully saturated rings. The van der Waals surface area contributed by atoms with Gasteiger partial charge in [-0.2, -0.15) is 0 Å². The van der Waals surface area contributed by atoms with Gasteiger partial charge in [-0.1, -0.05) is 121 Å². The standard InChI is InChI=1S/C39H29NO/c41-29-30-21-25-36(26-22-30)40(35-19-11-4-12-20-35)37-27-23-34(24-28-37)39(33-17-9-3-10-18-33)38(31-13-5-1-6-14-31)32-15-7-2-8-16-32/h1-29H. The van der Waals surface area contributed by atoms with Crippen LogP contribution in [0.3, 0.4) is 0 Å². The first kappa shape index (κ1) is 25.8. The van der Waals surface area contributed by atoms with Crippen molar-refractivity contribution in [2.24, 2.45) is 0 Å². The molecule has 0 aliphatic rings. The summed E-state index contributed by atoms with van der Waals surface area (Å²) in [5.74, 6) is 0. The van der Waals surface area contributed by atoms with Gasteiger partial charge < -0.3 is 4.90 Å². The summed E-state index contributed by atoms with van der Waals surface area (Å²) in [6, 6.07) is 58.6. The van der Waals surface area contributed by atoms with E-state index in [1.165, 1.54) is 22.3 Å². The third-order valence-corrected chi connectivity index (χ3v) is 7.15. The highest BCUT2D eigenvalue weighted by Crippen LogP contribution is 2.39. The topological polar surface area (TPSA) is 20.3 Å². The molecule has 0 bridgehead atoms. The highest BCUT2D eigenvalue weighted by molar-refractivity contribution is 6.04. The normalized spacial score (nSPS) is 10.5. The molecule has 0 saturated heterocycles. The molecule has 0 aromatic heterocycles. The van der Waals surface area contributed by atoms with E-state index in [1.807, 2.05) is 42.5 Å². The fourth-order valence-corrected chi connectivity index (χ4v) is 5.23. The van der Waals surface area contributed by atoms with E-state index in [-0.39, 0.29) is 0 Å². The first-order chi connectivity index (χ1) is 20.3. The molecule has 0 saturated carbocycles. The number of rotatable bonds is 8. The second-order valence-electron chi connectivity index (χ2n) is 9.78. The number of hydrogen-bond donors (Lipinski definition) is 0. The van der Waals surface area contributed by atoms with Crippen molar-refractivity contribution in [1.82, 2.24) is 0 Å². The van der Waals surface area contributed by atoms with Gasteiger partial charge in [-0.05, 0) is 81.9 Å². The Morgan fingerprint density at radius 2 is 0.683 bits per heavy atom. The van der Waals surface area contributed by atoms with Crippen molar-refractivity contribution < 1.29 is 4.79 Å². The van der Waals surface area contributed by atoms with Gasteiger partial charge in [0.2, 0.25) is 0 Å². The summed E-state index contributed by atoms with van der Waals surface area (Å²) >= 11 is 0. The van der Waals surface area contributed by atoms with Gasteiger partial charge in [-0.15, -0.1) is 0 Å². The maximum Gasteiger partial charge on any atom is 0.150 e. The molecule has 0 atom stereocenters. The summed E-state index contributed by atoms with van der Waals surface area (Å²) in [6.07, 6.45) is 0.875. The lowest BCUT2D eigenvalue weighted by atomic mass is 9.86. The van der Waals surface area contributed by atoms with Crippen LogP contribution in [-0.2, 0) is 0 Å². The van der Waals surface area contributed by atoms with E-state index in [4.69, 9.17) is 0 Å². The zero-order valence-corrected chi connectivity index (χ0v) is 22.6. The van der Waals surface area contributed by atoms with Crippen LogP contribution in [0, 0.1) is 0 Å². The largest absolute Gasteiger partial charge is 0.311 e. The summed E-state index contributed by atoms with van der Waals surface area (Å²) in [6.45, 7) is 0. The molecule has 0 amide bonds. The summed E-state index contributed by atoms with van der Waals surface area (Å²) in [5, 5.41) is 0. The minimum Gasteiger partial charge on any atom is -0.311 e. The number of hydrogen-bond acceptors (Lipinski definition) is 2. The smallest absolute Gasteiger partial charge is 0.150 e. The molecule has 2 heteroatoms. The Morgan fingerprint density at radius 1 is 0.366 bits per heavy atom. The first-order valence-corrected chi connectivity index (χ1v) is 13.7. The lowest BCUT2D eigenvalue weighted by molar-refractivity contribution is 0.112. The van der Waals surface area contributed by atoms with Crippen molar-refractivity contribution in [2.75, 3.05) is 4.90 Å². The number of carbonyl (C=O) groups excluding carboxylic acids is 1. The molecule has 0 spiro atoms. The van der Waals surface area contributed by atoms with Crippen LogP contribution in [0.2, 0.25) is 0 Å². The van der Waals surface area contributed by atoms with Gasteiger partial charge in [0, 0.05) is 22.6 Å². The monoisotopic (exact) mass is 527 g/mol. The summed E-state index contributed by atoms with van der Waals surface area (Å²) < 4.78 is 0. The Labute approximate surface area is 241 Å². The number of carbonyl (C=O) groups is 1. The van der Waals surface area contributed by atoms with Gasteiger partial charge in [0.15, 0.2) is 0 Å². The second kappa shape index (κ2) is 12.1. The molecular weight excluding hydrogens is 498 g/mol. The highest BCUT2D eigenvalue weighted by atomic mass is 16.1. The van der Waals surface area contributed by atoms with E-state index in [9.17, 15) is 4.79 Å². The number of benzene rings is 6. The lowest BCUT2D eigenvalue weighted by Gasteiger charge is -2.26. The number of aldehydes is 1. The van der Waals surface area contributed by atoms with Crippen molar-refractivity contribution in [3.8, 4) is 0 Å². The van der Waals surface area contributed by atoms with Crippen molar-refractivity contribution in [3.63, 3.8) is 0 Å². The molecule has 0 N–H and O–H groups in total. The summed E-state index contributed by atoms with van der Waals surface area (Å²) in [4.78, 5) is 13.5. The van der Waals surface area contributed by atoms with E-state index >= 15 is 0 Å². The van der Waals surface area contributed by atoms with Crippen LogP contribution >= 0.6 is 0 Å². The molecule has 196 valence electrons. The zero-order chi connectivity index (χ0) is 27.9. The Kier molecular flexibility index (Phi) is 7.64. The molecule has 2 nitrogen and oxygen atoms in total. The SMILES string of the molecule is O=Cc1ccc(N(c2ccccc2)c2ccc(C(=C(c3ccccc3)c3ccccc3)c3ccccc3)cc2)cc1. The molecule has 41 heavy (non-hydrogen) atoms. The molecule has 0 radical (unpaired) electrons. The van der Waals surface area contributed by atoms with E-state index in [2.05, 4.69) is 132 Å². The Morgan fingerprint density at radius 3 is 1.07 bits per heavy atom. The van der Waals surface area contributed by atoms with Crippen LogP contribution in [0.25, 0.3) is 11.1 Å². The average Bonchev–Trinajstić information content (AvgIpc) is 3.06. The van der Waals surface area contributed by atoms with Gasteiger partial charge in [0.25, 0.3) is 0 Å². The fourth-order valence-electron chi connectivity index (χ4n) is 5.23. The Bertz CT molecular complexity index is 1700. The van der Waals surface area contributed by atoms with Gasteiger partial charge in [0.1, 0.15) is 6.29 Å². The predicted molar refractivity (Wildman–Crippen MR) is 171 cm³/mol. The van der Waals surface area contributed by atoms with Gasteiger partial charge >= 0.3 is 0 Å². The molecule has 6 aromatic carbocycles. The minimum absolute atomic E-state index is 0.657. The van der Waals surface area contributed by atoms with E-state index in [0.717, 1.165) is 34.5 Å². The summed E-state index contributed by atoms with van der Waals surface area (Å²) in [5.41, 5.74) is 10.7. The number of para-hydroxylation sites is 1. The molecule has 0 aliphatic heterocycles. The maximum atomic E-state index is 11.3. The predicted octanol–water partition coefficient (Wildman–Crippen LogP) is 9.98. The molecule has 6 rings (SSSR count). The van der Waals surface area contributed by atoms with Crippen LogP contribution in [0.15, 0.2) is 170 Å². The third-order valence-electron chi connectivity index (χ3n) is 7.15. The van der Waals surface area contributed by atoms with Crippen molar-refractivity contribution in [1.29, 1.82) is 0 Å². The quantitative estimate of drug-likeness (QED) is 0.145. The molecule has 0 heterocycles. The minimum atomic E-state index is 0.657. The fraction of sp³-hybridized carbons (Fsp3) is 0. The van der Waals surface area contributed by atoms with Gasteiger partial charge in [0.05, 0.1) is 0 Å². The van der Waals surface area contributed by atoms with Crippen LogP contribution in [0.5, 0.6) is 0 Å². The van der Waals surface area contributed by atoms with Crippen LogP contribution in [-0.4, -0.2) is 6.29 Å². The van der Waals surface area contributed by atoms with Gasteiger partial charge in [-0.3, -0.25) is 4.79 Å². The molecular formula is C39H29NO. The lowest BCUT2D eigenvalue weighted by Crippen LogP contribution is -2.10.